The van der Waals surface area contributed by atoms with Gasteiger partial charge in [-0.25, -0.2) is 14.0 Å². The van der Waals surface area contributed by atoms with Gasteiger partial charge in [0.15, 0.2) is 0 Å². The van der Waals surface area contributed by atoms with Crippen LogP contribution in [0.4, 0.5) is 14.0 Å². The normalized spacial score (nSPS) is 12.2. The largest absolute Gasteiger partial charge is 0.493 e. The standard InChI is InChI=1S/C32H35FN2O7/c1-32(2,3)42-30(38)34-15-8-16-40-28-17-22(33)14-13-21(28)18-35(19-29(36)37)31(39)41-20-27-25-11-6-4-9-23(25)24-10-5-7-12-26(24)27/h4-7,9-14,17,27H,8,15-16,18-20H2,1-3H3,(H,34,38)(H,36,37). The molecule has 0 spiro atoms. The second-order valence-corrected chi connectivity index (χ2v) is 10.9. The molecule has 10 heteroatoms. The summed E-state index contributed by atoms with van der Waals surface area (Å²) in [7, 11) is 0. The third-order valence-electron chi connectivity index (χ3n) is 6.56. The van der Waals surface area contributed by atoms with Crippen molar-refractivity contribution >= 4 is 18.2 Å². The van der Waals surface area contributed by atoms with Gasteiger partial charge in [-0.05, 0) is 55.5 Å². The van der Waals surface area contributed by atoms with Gasteiger partial charge >= 0.3 is 18.2 Å². The highest BCUT2D eigenvalue weighted by molar-refractivity contribution is 5.80. The van der Waals surface area contributed by atoms with E-state index in [1.54, 1.807) is 20.8 Å². The highest BCUT2D eigenvalue weighted by atomic mass is 19.1. The molecule has 0 radical (unpaired) electrons. The van der Waals surface area contributed by atoms with Gasteiger partial charge in [0.05, 0.1) is 13.2 Å². The van der Waals surface area contributed by atoms with Crippen molar-refractivity contribution in [3.05, 3.63) is 89.2 Å². The topological polar surface area (TPSA) is 114 Å². The van der Waals surface area contributed by atoms with E-state index in [0.717, 1.165) is 27.2 Å². The Morgan fingerprint density at radius 3 is 2.24 bits per heavy atom. The van der Waals surface area contributed by atoms with Crippen molar-refractivity contribution in [1.82, 2.24) is 10.2 Å². The predicted octanol–water partition coefficient (Wildman–Crippen LogP) is 5.96. The number of amides is 2. The number of hydrogen-bond acceptors (Lipinski definition) is 6. The Morgan fingerprint density at radius 1 is 0.976 bits per heavy atom. The average Bonchev–Trinajstić information content (AvgIpc) is 3.25. The molecule has 2 amide bonds. The first-order valence-electron chi connectivity index (χ1n) is 13.7. The maximum Gasteiger partial charge on any atom is 0.410 e. The molecule has 4 rings (SSSR count). The Bertz CT molecular complexity index is 1390. The molecule has 0 unspecified atom stereocenters. The molecule has 0 fully saturated rings. The fraction of sp³-hybridized carbons (Fsp3) is 0.344. The van der Waals surface area contributed by atoms with Crippen molar-refractivity contribution in [1.29, 1.82) is 0 Å². The Kier molecular flexibility index (Phi) is 9.67. The first-order valence-corrected chi connectivity index (χ1v) is 13.7. The van der Waals surface area contributed by atoms with E-state index in [9.17, 15) is 23.9 Å². The lowest BCUT2D eigenvalue weighted by atomic mass is 9.98. The van der Waals surface area contributed by atoms with Crippen LogP contribution in [0.2, 0.25) is 0 Å². The predicted molar refractivity (Wildman–Crippen MR) is 154 cm³/mol. The summed E-state index contributed by atoms with van der Waals surface area (Å²) in [5, 5.41) is 12.1. The third kappa shape index (κ3) is 7.99. The summed E-state index contributed by atoms with van der Waals surface area (Å²) in [6.45, 7) is 4.93. The number of ether oxygens (including phenoxy) is 3. The molecule has 1 aliphatic carbocycles. The molecule has 2 N–H and O–H groups in total. The lowest BCUT2D eigenvalue weighted by molar-refractivity contribution is -0.138. The summed E-state index contributed by atoms with van der Waals surface area (Å²) in [5.74, 6) is -1.80. The van der Waals surface area contributed by atoms with Crippen LogP contribution in [0.3, 0.4) is 0 Å². The van der Waals surface area contributed by atoms with E-state index in [0.29, 0.717) is 12.0 Å². The number of aliphatic carboxylic acids is 1. The number of benzene rings is 3. The van der Waals surface area contributed by atoms with Crippen LogP contribution in [0.1, 0.15) is 49.8 Å². The van der Waals surface area contributed by atoms with Gasteiger partial charge in [-0.3, -0.25) is 9.69 Å². The van der Waals surface area contributed by atoms with Crippen LogP contribution in [-0.4, -0.2) is 60.1 Å². The number of carboxylic acids is 1. The summed E-state index contributed by atoms with van der Waals surface area (Å²) in [6, 6.07) is 19.6. The molecule has 0 bridgehead atoms. The summed E-state index contributed by atoms with van der Waals surface area (Å²) in [4.78, 5) is 37.7. The minimum atomic E-state index is -1.22. The van der Waals surface area contributed by atoms with Crippen molar-refractivity contribution in [2.75, 3.05) is 26.3 Å². The van der Waals surface area contributed by atoms with Crippen molar-refractivity contribution < 1.29 is 38.1 Å². The lowest BCUT2D eigenvalue weighted by Gasteiger charge is -2.23. The van der Waals surface area contributed by atoms with E-state index in [1.165, 1.54) is 18.2 Å². The number of carbonyl (C=O) groups is 3. The van der Waals surface area contributed by atoms with Crippen LogP contribution in [-0.2, 0) is 20.8 Å². The molecule has 0 saturated heterocycles. The highest BCUT2D eigenvalue weighted by Crippen LogP contribution is 2.44. The Labute approximate surface area is 244 Å². The Morgan fingerprint density at radius 2 is 1.62 bits per heavy atom. The number of fused-ring (bicyclic) bond motifs is 3. The maximum absolute atomic E-state index is 14.1. The molecule has 42 heavy (non-hydrogen) atoms. The van der Waals surface area contributed by atoms with Gasteiger partial charge in [-0.2, -0.15) is 0 Å². The highest BCUT2D eigenvalue weighted by Gasteiger charge is 2.30. The van der Waals surface area contributed by atoms with Crippen molar-refractivity contribution in [2.45, 2.75) is 45.3 Å². The summed E-state index contributed by atoms with van der Waals surface area (Å²) in [6.07, 6.45) is -0.960. The van der Waals surface area contributed by atoms with E-state index in [2.05, 4.69) is 5.32 Å². The second kappa shape index (κ2) is 13.4. The summed E-state index contributed by atoms with van der Waals surface area (Å²) < 4.78 is 30.7. The third-order valence-corrected chi connectivity index (χ3v) is 6.56. The van der Waals surface area contributed by atoms with Crippen LogP contribution >= 0.6 is 0 Å². The maximum atomic E-state index is 14.1. The lowest BCUT2D eigenvalue weighted by Crippen LogP contribution is -2.36. The molecule has 0 heterocycles. The first-order chi connectivity index (χ1) is 20.0. The number of halogens is 1. The zero-order chi connectivity index (χ0) is 30.3. The van der Waals surface area contributed by atoms with E-state index >= 15 is 0 Å². The minimum Gasteiger partial charge on any atom is -0.493 e. The molecular weight excluding hydrogens is 543 g/mol. The van der Waals surface area contributed by atoms with Gasteiger partial charge < -0.3 is 24.6 Å². The number of carboxylic acid groups (broad SMARTS) is 1. The molecule has 3 aromatic rings. The van der Waals surface area contributed by atoms with Crippen LogP contribution < -0.4 is 10.1 Å². The Balaban J connectivity index is 1.39. The fourth-order valence-corrected chi connectivity index (χ4v) is 4.79. The molecule has 0 aromatic heterocycles. The molecule has 0 atom stereocenters. The molecule has 3 aromatic carbocycles. The minimum absolute atomic E-state index is 0.0282. The molecule has 1 aliphatic rings. The van der Waals surface area contributed by atoms with Crippen LogP contribution in [0, 0.1) is 5.82 Å². The van der Waals surface area contributed by atoms with Crippen LogP contribution in [0.5, 0.6) is 5.75 Å². The monoisotopic (exact) mass is 578 g/mol. The zero-order valence-electron chi connectivity index (χ0n) is 23.9. The number of nitrogens with one attached hydrogen (secondary N) is 1. The number of hydrogen-bond donors (Lipinski definition) is 2. The van der Waals surface area contributed by atoms with Gasteiger partial charge in [0.2, 0.25) is 0 Å². The van der Waals surface area contributed by atoms with E-state index in [4.69, 9.17) is 14.2 Å². The summed E-state index contributed by atoms with van der Waals surface area (Å²) >= 11 is 0. The number of alkyl carbamates (subject to hydrolysis) is 1. The van der Waals surface area contributed by atoms with Gasteiger partial charge in [0, 0.05) is 24.1 Å². The van der Waals surface area contributed by atoms with Gasteiger partial charge in [0.1, 0.15) is 30.3 Å². The average molecular weight is 579 g/mol. The zero-order valence-corrected chi connectivity index (χ0v) is 23.9. The SMILES string of the molecule is CC(C)(C)OC(=O)NCCCOc1cc(F)ccc1CN(CC(=O)O)C(=O)OCC1c2ccccc2-c2ccccc21. The Hall–Kier alpha value is -4.60. The van der Waals surface area contributed by atoms with E-state index < -0.39 is 36.1 Å². The summed E-state index contributed by atoms with van der Waals surface area (Å²) in [5.41, 5.74) is 4.01. The van der Waals surface area contributed by atoms with Crippen LogP contribution in [0.25, 0.3) is 11.1 Å². The molecule has 0 saturated carbocycles. The molecular formula is C32H35FN2O7. The van der Waals surface area contributed by atoms with Gasteiger partial charge in [0.25, 0.3) is 0 Å². The van der Waals surface area contributed by atoms with Crippen molar-refractivity contribution in [3.8, 4) is 16.9 Å². The smallest absolute Gasteiger partial charge is 0.410 e. The van der Waals surface area contributed by atoms with Crippen molar-refractivity contribution in [3.63, 3.8) is 0 Å². The second-order valence-electron chi connectivity index (χ2n) is 10.9. The van der Waals surface area contributed by atoms with Gasteiger partial charge in [-0.1, -0.05) is 54.6 Å². The first kappa shape index (κ1) is 30.4. The number of carbonyl (C=O) groups excluding carboxylic acids is 2. The van der Waals surface area contributed by atoms with Crippen molar-refractivity contribution in [2.24, 2.45) is 0 Å². The fourth-order valence-electron chi connectivity index (χ4n) is 4.79. The van der Waals surface area contributed by atoms with E-state index in [-0.39, 0.29) is 38.0 Å². The molecule has 222 valence electrons. The quantitative estimate of drug-likeness (QED) is 0.270. The van der Waals surface area contributed by atoms with E-state index in [1.807, 2.05) is 48.5 Å². The molecule has 9 nitrogen and oxygen atoms in total. The van der Waals surface area contributed by atoms with Crippen LogP contribution in [0.15, 0.2) is 66.7 Å². The number of rotatable bonds is 11. The van der Waals surface area contributed by atoms with Gasteiger partial charge in [-0.15, -0.1) is 0 Å². The molecule has 0 aliphatic heterocycles. The number of nitrogens with zero attached hydrogens (tertiary/aromatic N) is 1.